The highest BCUT2D eigenvalue weighted by Gasteiger charge is 2.50. The number of aliphatic imine (C=N–C) groups is 1. The average molecular weight is 500 g/mol. The first-order valence-corrected chi connectivity index (χ1v) is 9.33. The van der Waals surface area contributed by atoms with Crippen LogP contribution in [0.1, 0.15) is 25.7 Å². The molecule has 0 saturated carbocycles. The van der Waals surface area contributed by atoms with Crippen LogP contribution in [0.25, 0.3) is 0 Å². The Bertz CT molecular complexity index is 545. The van der Waals surface area contributed by atoms with Crippen molar-refractivity contribution < 1.29 is 26.3 Å². The molecule has 0 aromatic heterocycles. The van der Waals surface area contributed by atoms with Crippen molar-refractivity contribution in [3.8, 4) is 0 Å². The summed E-state index contributed by atoms with van der Waals surface area (Å²) in [6.45, 7) is 1.04. The van der Waals surface area contributed by atoms with E-state index in [4.69, 9.17) is 4.74 Å². The van der Waals surface area contributed by atoms with E-state index >= 15 is 0 Å². The number of hydrogen-bond donors (Lipinski definition) is 2. The number of rotatable bonds is 4. The second-order valence-corrected chi connectivity index (χ2v) is 7.79. The summed E-state index contributed by atoms with van der Waals surface area (Å²) in [4.78, 5) is 4.08. The zero-order valence-electron chi connectivity index (χ0n) is 13.9. The van der Waals surface area contributed by atoms with Gasteiger partial charge >= 0.3 is 15.5 Å². The summed E-state index contributed by atoms with van der Waals surface area (Å²) in [5.41, 5.74) is -5.24. The molecular formula is C13H24F3IN4O3S. The first kappa shape index (κ1) is 22.7. The van der Waals surface area contributed by atoms with Gasteiger partial charge in [0.05, 0.1) is 6.10 Å². The molecule has 0 aromatic rings. The number of sulfonamides is 1. The van der Waals surface area contributed by atoms with E-state index < -0.39 is 15.5 Å². The van der Waals surface area contributed by atoms with Crippen LogP contribution in [0.4, 0.5) is 13.2 Å². The first-order valence-electron chi connectivity index (χ1n) is 7.89. The molecule has 0 aliphatic carbocycles. The van der Waals surface area contributed by atoms with Crippen LogP contribution >= 0.6 is 24.0 Å². The fourth-order valence-electron chi connectivity index (χ4n) is 2.79. The molecule has 2 N–H and O–H groups in total. The van der Waals surface area contributed by atoms with E-state index in [2.05, 4.69) is 15.6 Å². The monoisotopic (exact) mass is 500 g/mol. The standard InChI is InChI=1S/C13H23F3N4O3S.HI/c1-17-12(18-9-11-3-2-8-23-11)19-10-4-6-20(7-5-10)24(21,22)13(14,15)16;/h10-11H,2-9H2,1H3,(H2,17,18,19);1H. The normalized spacial score (nSPS) is 24.0. The van der Waals surface area contributed by atoms with Gasteiger partial charge in [-0.15, -0.1) is 24.0 Å². The summed E-state index contributed by atoms with van der Waals surface area (Å²) in [5, 5.41) is 6.25. The van der Waals surface area contributed by atoms with E-state index in [9.17, 15) is 21.6 Å². The minimum Gasteiger partial charge on any atom is -0.376 e. The lowest BCUT2D eigenvalue weighted by molar-refractivity contribution is -0.0494. The summed E-state index contributed by atoms with van der Waals surface area (Å²) in [6.07, 6.45) is 2.73. The van der Waals surface area contributed by atoms with Crippen LogP contribution in [0.3, 0.4) is 0 Å². The molecule has 148 valence electrons. The predicted octanol–water partition coefficient (Wildman–Crippen LogP) is 1.26. The van der Waals surface area contributed by atoms with Crippen LogP contribution in [-0.2, 0) is 14.8 Å². The molecule has 0 radical (unpaired) electrons. The molecule has 25 heavy (non-hydrogen) atoms. The number of ether oxygens (including phenoxy) is 1. The highest BCUT2D eigenvalue weighted by molar-refractivity contribution is 14.0. The Morgan fingerprint density at radius 1 is 1.28 bits per heavy atom. The number of guanidine groups is 1. The minimum absolute atomic E-state index is 0. The molecular weight excluding hydrogens is 476 g/mol. The van der Waals surface area contributed by atoms with Crippen molar-refractivity contribution in [2.45, 2.75) is 43.3 Å². The summed E-state index contributed by atoms with van der Waals surface area (Å²) in [5.74, 6) is 0.544. The van der Waals surface area contributed by atoms with Gasteiger partial charge in [-0.05, 0) is 25.7 Å². The van der Waals surface area contributed by atoms with Crippen LogP contribution in [0.5, 0.6) is 0 Å². The third kappa shape index (κ3) is 6.10. The van der Waals surface area contributed by atoms with Gasteiger partial charge in [-0.25, -0.2) is 8.42 Å². The maximum Gasteiger partial charge on any atom is 0.511 e. The molecule has 1 unspecified atom stereocenters. The number of piperidine rings is 1. The van der Waals surface area contributed by atoms with Crippen LogP contribution in [0.15, 0.2) is 4.99 Å². The lowest BCUT2D eigenvalue weighted by Gasteiger charge is -2.32. The third-order valence-corrected chi connectivity index (χ3v) is 5.80. The lowest BCUT2D eigenvalue weighted by Crippen LogP contribution is -2.52. The van der Waals surface area contributed by atoms with E-state index in [0.717, 1.165) is 19.4 Å². The number of nitrogens with zero attached hydrogens (tertiary/aromatic N) is 2. The van der Waals surface area contributed by atoms with E-state index in [1.165, 1.54) is 0 Å². The molecule has 2 rings (SSSR count). The van der Waals surface area contributed by atoms with Crippen LogP contribution in [0, 0.1) is 0 Å². The van der Waals surface area contributed by atoms with Crippen molar-refractivity contribution in [3.63, 3.8) is 0 Å². The molecule has 12 heteroatoms. The maximum atomic E-state index is 12.5. The number of nitrogens with one attached hydrogen (secondary N) is 2. The van der Waals surface area contributed by atoms with Gasteiger partial charge in [0, 0.05) is 39.3 Å². The van der Waals surface area contributed by atoms with Gasteiger partial charge in [0.25, 0.3) is 0 Å². The Morgan fingerprint density at radius 3 is 2.40 bits per heavy atom. The Hall–Kier alpha value is -0.340. The zero-order valence-corrected chi connectivity index (χ0v) is 17.0. The van der Waals surface area contributed by atoms with E-state index in [-0.39, 0.29) is 62.1 Å². The van der Waals surface area contributed by atoms with E-state index in [0.29, 0.717) is 16.8 Å². The van der Waals surface area contributed by atoms with E-state index in [1.54, 1.807) is 7.05 Å². The van der Waals surface area contributed by atoms with Crippen molar-refractivity contribution in [2.24, 2.45) is 4.99 Å². The second kappa shape index (κ2) is 9.55. The van der Waals surface area contributed by atoms with Gasteiger partial charge in [0.2, 0.25) is 0 Å². The predicted molar refractivity (Wildman–Crippen MR) is 98.5 cm³/mol. The molecule has 7 nitrogen and oxygen atoms in total. The molecule has 1 atom stereocenters. The minimum atomic E-state index is -5.24. The molecule has 2 fully saturated rings. The summed E-state index contributed by atoms with van der Waals surface area (Å²) < 4.78 is 66.4. The number of hydrogen-bond acceptors (Lipinski definition) is 4. The third-order valence-electron chi connectivity index (χ3n) is 4.17. The van der Waals surface area contributed by atoms with Gasteiger partial charge in [-0.2, -0.15) is 17.5 Å². The van der Waals surface area contributed by atoms with Crippen molar-refractivity contribution >= 4 is 40.0 Å². The number of alkyl halides is 3. The molecule has 0 bridgehead atoms. The number of halogens is 4. The summed E-state index contributed by atoms with van der Waals surface area (Å²) in [6, 6.07) is -0.125. The van der Waals surface area contributed by atoms with Crippen molar-refractivity contribution in [2.75, 3.05) is 33.3 Å². The van der Waals surface area contributed by atoms with Crippen LogP contribution in [0.2, 0.25) is 0 Å². The van der Waals surface area contributed by atoms with Gasteiger partial charge in [-0.1, -0.05) is 0 Å². The van der Waals surface area contributed by atoms with Gasteiger partial charge < -0.3 is 15.4 Å². The first-order chi connectivity index (χ1) is 11.2. The Labute approximate surface area is 162 Å². The SMILES string of the molecule is CN=C(NCC1CCCO1)NC1CCN(S(=O)(=O)C(F)(F)F)CC1.I. The zero-order chi connectivity index (χ0) is 17.8. The van der Waals surface area contributed by atoms with Crippen molar-refractivity contribution in [1.29, 1.82) is 0 Å². The summed E-state index contributed by atoms with van der Waals surface area (Å²) in [7, 11) is -3.63. The molecule has 2 heterocycles. The van der Waals surface area contributed by atoms with Crippen LogP contribution in [-0.4, -0.2) is 69.6 Å². The van der Waals surface area contributed by atoms with Crippen LogP contribution < -0.4 is 10.6 Å². The quantitative estimate of drug-likeness (QED) is 0.345. The average Bonchev–Trinajstić information content (AvgIpc) is 3.04. The van der Waals surface area contributed by atoms with Crippen molar-refractivity contribution in [3.05, 3.63) is 0 Å². The molecule has 0 spiro atoms. The Balaban J connectivity index is 0.00000312. The molecule has 0 amide bonds. The van der Waals surface area contributed by atoms with Crippen molar-refractivity contribution in [1.82, 2.24) is 14.9 Å². The second-order valence-electron chi connectivity index (χ2n) is 5.86. The molecule has 0 aromatic carbocycles. The molecule has 2 saturated heterocycles. The topological polar surface area (TPSA) is 83.0 Å². The summed E-state index contributed by atoms with van der Waals surface area (Å²) >= 11 is 0. The Morgan fingerprint density at radius 2 is 1.92 bits per heavy atom. The molecule has 2 aliphatic rings. The smallest absolute Gasteiger partial charge is 0.376 e. The van der Waals surface area contributed by atoms with Gasteiger partial charge in [-0.3, -0.25) is 4.99 Å². The maximum absolute atomic E-state index is 12.5. The fraction of sp³-hybridized carbons (Fsp3) is 0.923. The van der Waals surface area contributed by atoms with E-state index in [1.807, 2.05) is 0 Å². The Kier molecular flexibility index (Phi) is 8.67. The lowest BCUT2D eigenvalue weighted by atomic mass is 10.1. The largest absolute Gasteiger partial charge is 0.511 e. The highest BCUT2D eigenvalue weighted by atomic mass is 127. The fourth-order valence-corrected chi connectivity index (χ4v) is 3.78. The highest BCUT2D eigenvalue weighted by Crippen LogP contribution is 2.28. The molecule has 2 aliphatic heterocycles. The van der Waals surface area contributed by atoms with Gasteiger partial charge in [0.1, 0.15) is 0 Å². The van der Waals surface area contributed by atoms with Gasteiger partial charge in [0.15, 0.2) is 5.96 Å².